The van der Waals surface area contributed by atoms with E-state index in [4.69, 9.17) is 24.2 Å². The second kappa shape index (κ2) is 9.83. The van der Waals surface area contributed by atoms with Gasteiger partial charge in [-0.1, -0.05) is 0 Å². The zero-order valence-electron chi connectivity index (χ0n) is 19.9. The highest BCUT2D eigenvalue weighted by molar-refractivity contribution is 6.00. The molecule has 2 heterocycles. The molecular weight excluding hydrogens is 471 g/mol. The highest BCUT2D eigenvalue weighted by Gasteiger charge is 2.35. The largest absolute Gasteiger partial charge is 0.493 e. The van der Waals surface area contributed by atoms with Crippen LogP contribution in [0.3, 0.4) is 0 Å². The van der Waals surface area contributed by atoms with Gasteiger partial charge in [0.15, 0.2) is 35.3 Å². The van der Waals surface area contributed by atoms with Crippen molar-refractivity contribution in [3.05, 3.63) is 42.3 Å². The number of benzene rings is 2. The number of nitrogens with one attached hydrogen (secondary N) is 3. The maximum atomic E-state index is 14.5. The van der Waals surface area contributed by atoms with Gasteiger partial charge in [-0.2, -0.15) is 10.2 Å². The van der Waals surface area contributed by atoms with Gasteiger partial charge >= 0.3 is 0 Å². The molecule has 0 saturated heterocycles. The van der Waals surface area contributed by atoms with E-state index in [-0.39, 0.29) is 30.0 Å². The Morgan fingerprint density at radius 2 is 1.92 bits per heavy atom. The van der Waals surface area contributed by atoms with E-state index < -0.39 is 11.4 Å². The van der Waals surface area contributed by atoms with Gasteiger partial charge in [0.2, 0.25) is 11.7 Å². The number of ether oxygens (including phenoxy) is 4. The SMILES string of the molecule is COc1cc(Nc2ncc(F)c(Nc3ccc4c(c3)NC(=O)C(C)(C)O4)n2)cc(OCC#N)c1OC. The Morgan fingerprint density at radius 3 is 2.64 bits per heavy atom. The highest BCUT2D eigenvalue weighted by Crippen LogP contribution is 2.41. The first-order valence-corrected chi connectivity index (χ1v) is 10.7. The Labute approximate surface area is 206 Å². The molecule has 0 bridgehead atoms. The molecule has 0 radical (unpaired) electrons. The van der Waals surface area contributed by atoms with Crippen LogP contribution in [-0.4, -0.2) is 42.3 Å². The number of carbonyl (C=O) groups excluding carboxylic acids is 1. The predicted molar refractivity (Wildman–Crippen MR) is 129 cm³/mol. The minimum absolute atomic E-state index is 0.0775. The summed E-state index contributed by atoms with van der Waals surface area (Å²) in [6.45, 7) is 3.13. The third-order valence-corrected chi connectivity index (χ3v) is 5.14. The number of aromatic nitrogens is 2. The normalized spacial score (nSPS) is 13.4. The van der Waals surface area contributed by atoms with E-state index in [1.165, 1.54) is 14.2 Å². The van der Waals surface area contributed by atoms with Crippen LogP contribution in [0.2, 0.25) is 0 Å². The van der Waals surface area contributed by atoms with Crippen LogP contribution < -0.4 is 34.9 Å². The van der Waals surface area contributed by atoms with E-state index in [0.717, 1.165) is 6.20 Å². The van der Waals surface area contributed by atoms with Crippen molar-refractivity contribution >= 4 is 34.7 Å². The first-order valence-electron chi connectivity index (χ1n) is 10.7. The van der Waals surface area contributed by atoms with Crippen molar-refractivity contribution in [2.45, 2.75) is 19.4 Å². The second-order valence-corrected chi connectivity index (χ2v) is 8.07. The molecule has 3 aromatic rings. The molecule has 3 N–H and O–H groups in total. The number of rotatable bonds is 8. The predicted octanol–water partition coefficient (Wildman–Crippen LogP) is 4.13. The van der Waals surface area contributed by atoms with E-state index in [9.17, 15) is 9.18 Å². The Bertz CT molecular complexity index is 1360. The molecular formula is C24H23FN6O5. The zero-order chi connectivity index (χ0) is 25.9. The smallest absolute Gasteiger partial charge is 0.268 e. The number of methoxy groups -OCH3 is 2. The molecule has 11 nitrogen and oxygen atoms in total. The molecule has 2 aromatic carbocycles. The monoisotopic (exact) mass is 494 g/mol. The molecule has 1 amide bonds. The number of carbonyl (C=O) groups is 1. The number of amides is 1. The fraction of sp³-hybridized carbons (Fsp3) is 0.250. The van der Waals surface area contributed by atoms with E-state index in [1.807, 2.05) is 6.07 Å². The Balaban J connectivity index is 1.58. The van der Waals surface area contributed by atoms with Crippen LogP contribution in [0.1, 0.15) is 13.8 Å². The summed E-state index contributed by atoms with van der Waals surface area (Å²) in [4.78, 5) is 20.4. The molecule has 4 rings (SSSR count). The van der Waals surface area contributed by atoms with Crippen LogP contribution >= 0.6 is 0 Å². The van der Waals surface area contributed by atoms with Gasteiger partial charge in [-0.05, 0) is 32.0 Å². The van der Waals surface area contributed by atoms with Crippen LogP contribution in [-0.2, 0) is 4.79 Å². The summed E-state index contributed by atoms with van der Waals surface area (Å²) in [5.41, 5.74) is 0.381. The summed E-state index contributed by atoms with van der Waals surface area (Å²) in [6.07, 6.45) is 1.01. The Morgan fingerprint density at radius 1 is 1.14 bits per heavy atom. The van der Waals surface area contributed by atoms with Gasteiger partial charge in [-0.25, -0.2) is 9.37 Å². The van der Waals surface area contributed by atoms with Crippen molar-refractivity contribution in [1.29, 1.82) is 5.26 Å². The quantitative estimate of drug-likeness (QED) is 0.419. The van der Waals surface area contributed by atoms with Gasteiger partial charge < -0.3 is 34.9 Å². The molecule has 1 aliphatic rings. The Hall–Kier alpha value is -4.79. The lowest BCUT2D eigenvalue weighted by Crippen LogP contribution is -2.45. The van der Waals surface area contributed by atoms with Gasteiger partial charge in [0.05, 0.1) is 26.1 Å². The average Bonchev–Trinajstić information content (AvgIpc) is 2.85. The van der Waals surface area contributed by atoms with Gasteiger partial charge in [-0.3, -0.25) is 4.79 Å². The fourth-order valence-electron chi connectivity index (χ4n) is 3.39. The van der Waals surface area contributed by atoms with E-state index in [2.05, 4.69) is 25.9 Å². The molecule has 0 saturated carbocycles. The van der Waals surface area contributed by atoms with Crippen molar-refractivity contribution in [2.75, 3.05) is 36.8 Å². The van der Waals surface area contributed by atoms with Gasteiger partial charge in [0.1, 0.15) is 11.8 Å². The molecule has 0 unspecified atom stereocenters. The molecule has 186 valence electrons. The molecule has 36 heavy (non-hydrogen) atoms. The van der Waals surface area contributed by atoms with Gasteiger partial charge in [0, 0.05) is 23.5 Å². The topological polar surface area (TPSA) is 140 Å². The fourth-order valence-corrected chi connectivity index (χ4v) is 3.39. The van der Waals surface area contributed by atoms with Crippen molar-refractivity contribution in [3.63, 3.8) is 0 Å². The van der Waals surface area contributed by atoms with Crippen LogP contribution in [0.5, 0.6) is 23.0 Å². The zero-order valence-corrected chi connectivity index (χ0v) is 19.9. The third-order valence-electron chi connectivity index (χ3n) is 5.14. The van der Waals surface area contributed by atoms with E-state index in [0.29, 0.717) is 34.3 Å². The molecule has 1 aromatic heterocycles. The van der Waals surface area contributed by atoms with Gasteiger partial charge in [-0.15, -0.1) is 0 Å². The maximum absolute atomic E-state index is 14.5. The summed E-state index contributed by atoms with van der Waals surface area (Å²) in [6, 6.07) is 10.0. The van der Waals surface area contributed by atoms with Crippen molar-refractivity contribution in [3.8, 4) is 29.1 Å². The van der Waals surface area contributed by atoms with Crippen LogP contribution in [0.15, 0.2) is 36.5 Å². The molecule has 1 aliphatic heterocycles. The lowest BCUT2D eigenvalue weighted by atomic mass is 10.1. The molecule has 0 atom stereocenters. The average molecular weight is 494 g/mol. The van der Waals surface area contributed by atoms with Crippen LogP contribution in [0.25, 0.3) is 0 Å². The van der Waals surface area contributed by atoms with Crippen molar-refractivity contribution < 1.29 is 28.1 Å². The first-order chi connectivity index (χ1) is 17.2. The summed E-state index contributed by atoms with van der Waals surface area (Å²) < 4.78 is 36.3. The number of halogens is 1. The Kier molecular flexibility index (Phi) is 6.64. The third kappa shape index (κ3) is 5.00. The summed E-state index contributed by atoms with van der Waals surface area (Å²) >= 11 is 0. The number of fused-ring (bicyclic) bond motifs is 1. The van der Waals surface area contributed by atoms with Crippen LogP contribution in [0, 0.1) is 17.1 Å². The lowest BCUT2D eigenvalue weighted by molar-refractivity contribution is -0.129. The van der Waals surface area contributed by atoms with E-state index in [1.54, 1.807) is 44.2 Å². The first kappa shape index (κ1) is 24.3. The standard InChI is InChI=1S/C24H23FN6O5/c1-24(2)22(32)30-16-9-13(5-6-17(16)36-24)28-21-15(25)12-27-23(31-21)29-14-10-18(33-3)20(34-4)19(11-14)35-8-7-26/h5-6,9-12H,8H2,1-4H3,(H,30,32)(H2,27,28,29,31). The van der Waals surface area contributed by atoms with Crippen molar-refractivity contribution in [1.82, 2.24) is 9.97 Å². The summed E-state index contributed by atoms with van der Waals surface area (Å²) in [5, 5.41) is 17.5. The summed E-state index contributed by atoms with van der Waals surface area (Å²) in [5.74, 6) is 0.419. The number of hydrogen-bond acceptors (Lipinski definition) is 10. The second-order valence-electron chi connectivity index (χ2n) is 8.07. The highest BCUT2D eigenvalue weighted by atomic mass is 19.1. The summed E-state index contributed by atoms with van der Waals surface area (Å²) in [7, 11) is 2.91. The van der Waals surface area contributed by atoms with Crippen molar-refractivity contribution in [2.24, 2.45) is 0 Å². The van der Waals surface area contributed by atoms with Gasteiger partial charge in [0.25, 0.3) is 5.91 Å². The minimum atomic E-state index is -0.995. The number of nitrogens with zero attached hydrogens (tertiary/aromatic N) is 3. The number of hydrogen-bond donors (Lipinski definition) is 3. The van der Waals surface area contributed by atoms with E-state index >= 15 is 0 Å². The molecule has 0 fully saturated rings. The number of nitriles is 1. The maximum Gasteiger partial charge on any atom is 0.268 e. The van der Waals surface area contributed by atoms with Crippen LogP contribution in [0.4, 0.5) is 33.2 Å². The molecule has 0 aliphatic carbocycles. The minimum Gasteiger partial charge on any atom is -0.493 e. The lowest BCUT2D eigenvalue weighted by Gasteiger charge is -2.31. The molecule has 12 heteroatoms. The number of anilines is 5. The molecule has 0 spiro atoms.